The van der Waals surface area contributed by atoms with Gasteiger partial charge in [0.2, 0.25) is 0 Å². The summed E-state index contributed by atoms with van der Waals surface area (Å²) in [5, 5.41) is 3.54. The minimum Gasteiger partial charge on any atom is -0.497 e. The molecule has 120 valence electrons. The number of methoxy groups -OCH3 is 2. The summed E-state index contributed by atoms with van der Waals surface area (Å²) in [5.74, 6) is 1.61. The van der Waals surface area contributed by atoms with E-state index in [2.05, 4.69) is 31.3 Å². The summed E-state index contributed by atoms with van der Waals surface area (Å²) in [6.45, 7) is 7.93. The fourth-order valence-electron chi connectivity index (χ4n) is 2.54. The zero-order valence-electron chi connectivity index (χ0n) is 13.9. The molecule has 1 rings (SSSR count). The molecule has 0 spiro atoms. The lowest BCUT2D eigenvalue weighted by Crippen LogP contribution is -2.34. The lowest BCUT2D eigenvalue weighted by molar-refractivity contribution is 0.0279. The maximum atomic E-state index is 5.95. The van der Waals surface area contributed by atoms with Crippen LogP contribution in [0, 0.1) is 0 Å². The van der Waals surface area contributed by atoms with Gasteiger partial charge in [-0.3, -0.25) is 0 Å². The molecule has 1 N–H and O–H groups in total. The van der Waals surface area contributed by atoms with Gasteiger partial charge in [0.25, 0.3) is 0 Å². The summed E-state index contributed by atoms with van der Waals surface area (Å²) in [5.41, 5.74) is 1.14. The molecule has 4 heteroatoms. The fraction of sp³-hybridized carbons (Fsp3) is 0.647. The van der Waals surface area contributed by atoms with E-state index in [1.165, 1.54) is 0 Å². The van der Waals surface area contributed by atoms with Crippen LogP contribution in [0.2, 0.25) is 0 Å². The van der Waals surface area contributed by atoms with Crippen LogP contribution >= 0.6 is 0 Å². The second kappa shape index (κ2) is 9.64. The van der Waals surface area contributed by atoms with Gasteiger partial charge in [0, 0.05) is 12.7 Å². The van der Waals surface area contributed by atoms with Crippen LogP contribution < -0.4 is 14.8 Å². The first-order chi connectivity index (χ1) is 10.2. The van der Waals surface area contributed by atoms with Crippen molar-refractivity contribution in [3.05, 3.63) is 23.8 Å². The van der Waals surface area contributed by atoms with Gasteiger partial charge in [-0.2, -0.15) is 0 Å². The highest BCUT2D eigenvalue weighted by Gasteiger charge is 2.23. The highest BCUT2D eigenvalue weighted by Crippen LogP contribution is 2.30. The van der Waals surface area contributed by atoms with Crippen molar-refractivity contribution in [2.24, 2.45) is 0 Å². The predicted octanol–water partition coefficient (Wildman–Crippen LogP) is 3.56. The molecular weight excluding hydrogens is 266 g/mol. The highest BCUT2D eigenvalue weighted by atomic mass is 16.5. The molecule has 2 unspecified atom stereocenters. The molecule has 0 heterocycles. The highest BCUT2D eigenvalue weighted by molar-refractivity contribution is 5.40. The average molecular weight is 295 g/mol. The first-order valence-corrected chi connectivity index (χ1v) is 7.77. The molecule has 0 radical (unpaired) electrons. The third kappa shape index (κ3) is 5.21. The van der Waals surface area contributed by atoms with Crippen LogP contribution in [-0.2, 0) is 4.74 Å². The Hall–Kier alpha value is -1.26. The van der Waals surface area contributed by atoms with Crippen molar-refractivity contribution in [3.63, 3.8) is 0 Å². The minimum absolute atomic E-state index is 0.138. The summed E-state index contributed by atoms with van der Waals surface area (Å²) in [4.78, 5) is 0. The normalized spacial score (nSPS) is 13.8. The van der Waals surface area contributed by atoms with Gasteiger partial charge in [-0.25, -0.2) is 0 Å². The van der Waals surface area contributed by atoms with Crippen molar-refractivity contribution in [3.8, 4) is 11.5 Å². The number of hydrogen-bond acceptors (Lipinski definition) is 4. The number of nitrogens with one attached hydrogen (secondary N) is 1. The van der Waals surface area contributed by atoms with Gasteiger partial charge < -0.3 is 19.5 Å². The van der Waals surface area contributed by atoms with Crippen LogP contribution in [0.3, 0.4) is 0 Å². The topological polar surface area (TPSA) is 39.7 Å². The molecule has 0 saturated heterocycles. The third-order valence-corrected chi connectivity index (χ3v) is 3.48. The molecule has 0 fully saturated rings. The Morgan fingerprint density at radius 1 is 1.00 bits per heavy atom. The third-order valence-electron chi connectivity index (χ3n) is 3.48. The molecule has 0 amide bonds. The molecule has 4 nitrogen and oxygen atoms in total. The van der Waals surface area contributed by atoms with Gasteiger partial charge in [0.1, 0.15) is 11.5 Å². The SMILES string of the molecule is CCCC(OCC)C(NCC)c1cc(OC)cc(OC)c1. The van der Waals surface area contributed by atoms with Gasteiger partial charge in [0.15, 0.2) is 0 Å². The first-order valence-electron chi connectivity index (χ1n) is 7.77. The maximum Gasteiger partial charge on any atom is 0.122 e. The Balaban J connectivity index is 3.12. The molecule has 0 aliphatic carbocycles. The number of rotatable bonds is 10. The van der Waals surface area contributed by atoms with Crippen LogP contribution in [-0.4, -0.2) is 33.5 Å². The monoisotopic (exact) mass is 295 g/mol. The van der Waals surface area contributed by atoms with Crippen LogP contribution in [0.15, 0.2) is 18.2 Å². The summed E-state index contributed by atoms with van der Waals surface area (Å²) >= 11 is 0. The van der Waals surface area contributed by atoms with Crippen LogP contribution in [0.5, 0.6) is 11.5 Å². The molecule has 0 aromatic heterocycles. The molecular formula is C17H29NO3. The number of benzene rings is 1. The minimum atomic E-state index is 0.138. The van der Waals surface area contributed by atoms with Crippen molar-refractivity contribution >= 4 is 0 Å². The standard InChI is InChI=1S/C17H29NO3/c1-6-9-16(21-8-3)17(18-7-2)13-10-14(19-4)12-15(11-13)20-5/h10-12,16-18H,6-9H2,1-5H3. The molecule has 21 heavy (non-hydrogen) atoms. The van der Waals surface area contributed by atoms with E-state index in [0.717, 1.165) is 36.4 Å². The Kier molecular flexibility index (Phi) is 8.16. The molecule has 0 saturated carbocycles. The van der Waals surface area contributed by atoms with Crippen molar-refractivity contribution in [2.45, 2.75) is 45.8 Å². The van der Waals surface area contributed by atoms with Gasteiger partial charge in [0.05, 0.1) is 26.4 Å². The van der Waals surface area contributed by atoms with Crippen LogP contribution in [0.4, 0.5) is 0 Å². The van der Waals surface area contributed by atoms with Crippen molar-refractivity contribution in [2.75, 3.05) is 27.4 Å². The maximum absolute atomic E-state index is 5.95. The average Bonchev–Trinajstić information content (AvgIpc) is 2.51. The van der Waals surface area contributed by atoms with Crippen molar-refractivity contribution < 1.29 is 14.2 Å². The lowest BCUT2D eigenvalue weighted by atomic mass is 9.97. The van der Waals surface area contributed by atoms with E-state index >= 15 is 0 Å². The molecule has 1 aromatic rings. The van der Waals surface area contributed by atoms with Crippen molar-refractivity contribution in [1.82, 2.24) is 5.32 Å². The van der Waals surface area contributed by atoms with Crippen LogP contribution in [0.1, 0.15) is 45.2 Å². The molecule has 1 aromatic carbocycles. The van der Waals surface area contributed by atoms with E-state index in [4.69, 9.17) is 14.2 Å². The van der Waals surface area contributed by atoms with Gasteiger partial charge in [-0.1, -0.05) is 20.3 Å². The first kappa shape index (κ1) is 17.8. The summed E-state index contributed by atoms with van der Waals surface area (Å²) in [7, 11) is 3.35. The van der Waals surface area contributed by atoms with E-state index in [-0.39, 0.29) is 12.1 Å². The van der Waals surface area contributed by atoms with Gasteiger partial charge in [-0.15, -0.1) is 0 Å². The van der Waals surface area contributed by atoms with E-state index in [1.807, 2.05) is 13.0 Å². The van der Waals surface area contributed by atoms with E-state index in [9.17, 15) is 0 Å². The van der Waals surface area contributed by atoms with Gasteiger partial charge >= 0.3 is 0 Å². The fourth-order valence-corrected chi connectivity index (χ4v) is 2.54. The van der Waals surface area contributed by atoms with Gasteiger partial charge in [-0.05, 0) is 37.6 Å². The number of hydrogen-bond donors (Lipinski definition) is 1. The summed E-state index contributed by atoms with van der Waals surface area (Å²) < 4.78 is 16.7. The number of ether oxygens (including phenoxy) is 3. The molecule has 2 atom stereocenters. The molecule has 0 bridgehead atoms. The lowest BCUT2D eigenvalue weighted by Gasteiger charge is -2.28. The summed E-state index contributed by atoms with van der Waals surface area (Å²) in [6, 6.07) is 6.13. The molecule has 0 aliphatic rings. The zero-order valence-corrected chi connectivity index (χ0v) is 13.9. The number of likely N-dealkylation sites (N-methyl/N-ethyl adjacent to an activating group) is 1. The van der Waals surface area contributed by atoms with E-state index in [0.29, 0.717) is 6.61 Å². The van der Waals surface area contributed by atoms with Crippen LogP contribution in [0.25, 0.3) is 0 Å². The second-order valence-electron chi connectivity index (χ2n) is 4.96. The quantitative estimate of drug-likeness (QED) is 0.716. The largest absolute Gasteiger partial charge is 0.497 e. The second-order valence-corrected chi connectivity index (χ2v) is 4.96. The Labute approximate surface area is 128 Å². The Bertz CT molecular complexity index is 381. The van der Waals surface area contributed by atoms with E-state index in [1.54, 1.807) is 14.2 Å². The smallest absolute Gasteiger partial charge is 0.122 e. The summed E-state index contributed by atoms with van der Waals surface area (Å²) in [6.07, 6.45) is 2.26. The Morgan fingerprint density at radius 3 is 2.05 bits per heavy atom. The van der Waals surface area contributed by atoms with E-state index < -0.39 is 0 Å². The predicted molar refractivity (Wildman–Crippen MR) is 86.3 cm³/mol. The van der Waals surface area contributed by atoms with Crippen molar-refractivity contribution in [1.29, 1.82) is 0 Å². The zero-order chi connectivity index (χ0) is 15.7. The Morgan fingerprint density at radius 2 is 1.62 bits per heavy atom. The molecule has 0 aliphatic heterocycles.